The fourth-order valence-electron chi connectivity index (χ4n) is 3.17. The second-order valence-corrected chi connectivity index (χ2v) is 6.56. The van der Waals surface area contributed by atoms with Crippen molar-refractivity contribution in [3.8, 4) is 5.75 Å². The number of benzene rings is 2. The summed E-state index contributed by atoms with van der Waals surface area (Å²) in [6, 6.07) is 11.0. The first kappa shape index (κ1) is 18.6. The van der Waals surface area contributed by atoms with E-state index in [0.717, 1.165) is 0 Å². The molecule has 1 unspecified atom stereocenters. The van der Waals surface area contributed by atoms with Gasteiger partial charge in [-0.2, -0.15) is 5.10 Å². The van der Waals surface area contributed by atoms with E-state index in [2.05, 4.69) is 20.7 Å². The van der Waals surface area contributed by atoms with Crippen molar-refractivity contribution in [3.63, 3.8) is 0 Å². The molecule has 0 saturated heterocycles. The monoisotopic (exact) mass is 395 g/mol. The van der Waals surface area contributed by atoms with E-state index in [1.165, 1.54) is 24.5 Å². The van der Waals surface area contributed by atoms with E-state index < -0.39 is 11.7 Å². The number of halogens is 1. The van der Waals surface area contributed by atoms with E-state index in [4.69, 9.17) is 4.74 Å². The minimum absolute atomic E-state index is 0.00143. The smallest absolute Gasteiger partial charge is 0.232 e. The van der Waals surface area contributed by atoms with Crippen molar-refractivity contribution in [1.29, 1.82) is 0 Å². The van der Waals surface area contributed by atoms with E-state index in [1.54, 1.807) is 35.3 Å². The summed E-state index contributed by atoms with van der Waals surface area (Å²) in [6.07, 6.45) is 3.05. The molecule has 0 spiro atoms. The van der Waals surface area contributed by atoms with Crippen LogP contribution in [0.2, 0.25) is 0 Å². The van der Waals surface area contributed by atoms with Gasteiger partial charge in [0.25, 0.3) is 0 Å². The summed E-state index contributed by atoms with van der Waals surface area (Å²) in [5.41, 5.74) is 1.46. The van der Waals surface area contributed by atoms with Crippen molar-refractivity contribution in [2.45, 2.75) is 18.9 Å². The standard InChI is InChI=1S/C20H18FN5O3/c21-13-4-5-16-17(10-19(27)25-18(16)8-13)20(28)24-14-2-1-3-15(9-14)29-7-6-26-12-22-11-23-26/h1-5,8-9,11-12,17H,6-7,10H2,(H,24,28)(H,25,27). The molecule has 148 valence electrons. The lowest BCUT2D eigenvalue weighted by atomic mass is 9.89. The van der Waals surface area contributed by atoms with Gasteiger partial charge in [-0.05, 0) is 29.8 Å². The van der Waals surface area contributed by atoms with Crippen LogP contribution in [-0.2, 0) is 16.1 Å². The molecule has 9 heteroatoms. The predicted octanol–water partition coefficient (Wildman–Crippen LogP) is 2.56. The minimum atomic E-state index is -0.698. The number of nitrogens with zero attached hydrogens (tertiary/aromatic N) is 3. The van der Waals surface area contributed by atoms with Crippen LogP contribution >= 0.6 is 0 Å². The molecule has 2 heterocycles. The summed E-state index contributed by atoms with van der Waals surface area (Å²) in [5.74, 6) is -1.25. The Kier molecular flexibility index (Phi) is 5.19. The summed E-state index contributed by atoms with van der Waals surface area (Å²) < 4.78 is 20.8. The van der Waals surface area contributed by atoms with Crippen LogP contribution in [-0.4, -0.2) is 33.2 Å². The maximum absolute atomic E-state index is 13.5. The Balaban J connectivity index is 1.43. The molecule has 3 aromatic rings. The van der Waals surface area contributed by atoms with Gasteiger partial charge < -0.3 is 15.4 Å². The Morgan fingerprint density at radius 2 is 2.21 bits per heavy atom. The zero-order valence-electron chi connectivity index (χ0n) is 15.3. The van der Waals surface area contributed by atoms with Gasteiger partial charge in [0.05, 0.1) is 12.5 Å². The van der Waals surface area contributed by atoms with Gasteiger partial charge >= 0.3 is 0 Å². The van der Waals surface area contributed by atoms with Crippen molar-refractivity contribution in [3.05, 3.63) is 66.5 Å². The van der Waals surface area contributed by atoms with Crippen molar-refractivity contribution < 1.29 is 18.7 Å². The van der Waals surface area contributed by atoms with Crippen molar-refractivity contribution in [2.75, 3.05) is 17.2 Å². The van der Waals surface area contributed by atoms with E-state index in [9.17, 15) is 14.0 Å². The quantitative estimate of drug-likeness (QED) is 0.669. The van der Waals surface area contributed by atoms with E-state index in [0.29, 0.717) is 35.8 Å². The zero-order valence-corrected chi connectivity index (χ0v) is 15.3. The van der Waals surface area contributed by atoms with Gasteiger partial charge in [-0.15, -0.1) is 0 Å². The summed E-state index contributed by atoms with van der Waals surface area (Å²) in [7, 11) is 0. The molecule has 2 N–H and O–H groups in total. The molecular weight excluding hydrogens is 377 g/mol. The highest BCUT2D eigenvalue weighted by atomic mass is 19.1. The molecule has 1 atom stereocenters. The highest BCUT2D eigenvalue weighted by molar-refractivity contribution is 6.05. The number of hydrogen-bond donors (Lipinski definition) is 2. The summed E-state index contributed by atoms with van der Waals surface area (Å²) in [6.45, 7) is 0.934. The number of carbonyl (C=O) groups is 2. The van der Waals surface area contributed by atoms with Gasteiger partial charge in [0.1, 0.15) is 30.8 Å². The second kappa shape index (κ2) is 8.09. The molecule has 4 rings (SSSR count). The SMILES string of the molecule is O=C1CC(C(=O)Nc2cccc(OCCn3cncn3)c2)c2ccc(F)cc2N1. The second-order valence-electron chi connectivity index (χ2n) is 6.56. The van der Waals surface area contributed by atoms with Crippen LogP contribution in [0.25, 0.3) is 0 Å². The molecule has 0 bridgehead atoms. The van der Waals surface area contributed by atoms with Crippen molar-refractivity contribution in [2.24, 2.45) is 0 Å². The highest BCUT2D eigenvalue weighted by Gasteiger charge is 2.31. The third kappa shape index (κ3) is 4.40. The Morgan fingerprint density at radius 3 is 3.03 bits per heavy atom. The number of amides is 2. The number of aromatic nitrogens is 3. The third-order valence-corrected chi connectivity index (χ3v) is 4.53. The lowest BCUT2D eigenvalue weighted by Crippen LogP contribution is -2.30. The summed E-state index contributed by atoms with van der Waals surface area (Å²) in [4.78, 5) is 28.6. The first-order chi connectivity index (χ1) is 14.1. The Bertz CT molecular complexity index is 1040. The largest absolute Gasteiger partial charge is 0.492 e. The van der Waals surface area contributed by atoms with Gasteiger partial charge in [0.2, 0.25) is 11.8 Å². The van der Waals surface area contributed by atoms with E-state index in [1.807, 2.05) is 0 Å². The topological polar surface area (TPSA) is 98.1 Å². The van der Waals surface area contributed by atoms with Crippen LogP contribution in [0.4, 0.5) is 15.8 Å². The molecule has 2 amide bonds. The third-order valence-electron chi connectivity index (χ3n) is 4.53. The van der Waals surface area contributed by atoms with E-state index in [-0.39, 0.29) is 18.2 Å². The first-order valence-corrected chi connectivity index (χ1v) is 9.04. The fraction of sp³-hybridized carbons (Fsp3) is 0.200. The number of hydrogen-bond acceptors (Lipinski definition) is 5. The molecule has 2 aromatic carbocycles. The maximum Gasteiger partial charge on any atom is 0.232 e. The Morgan fingerprint density at radius 1 is 1.31 bits per heavy atom. The molecule has 29 heavy (non-hydrogen) atoms. The summed E-state index contributed by atoms with van der Waals surface area (Å²) >= 11 is 0. The van der Waals surface area contributed by atoms with Crippen molar-refractivity contribution in [1.82, 2.24) is 14.8 Å². The normalized spacial score (nSPS) is 15.3. The average molecular weight is 395 g/mol. The molecule has 0 aliphatic carbocycles. The molecule has 0 radical (unpaired) electrons. The Labute approximate surface area is 165 Å². The lowest BCUT2D eigenvalue weighted by molar-refractivity contribution is -0.123. The number of nitrogens with one attached hydrogen (secondary N) is 2. The molecule has 1 aromatic heterocycles. The van der Waals surface area contributed by atoms with Gasteiger partial charge in [0, 0.05) is 23.9 Å². The minimum Gasteiger partial charge on any atom is -0.492 e. The molecule has 1 aliphatic heterocycles. The number of carbonyl (C=O) groups excluding carboxylic acids is 2. The maximum atomic E-state index is 13.5. The van der Waals surface area contributed by atoms with Crippen LogP contribution in [0, 0.1) is 5.82 Å². The predicted molar refractivity (Wildman–Crippen MR) is 103 cm³/mol. The first-order valence-electron chi connectivity index (χ1n) is 9.04. The number of fused-ring (bicyclic) bond motifs is 1. The molecule has 8 nitrogen and oxygen atoms in total. The van der Waals surface area contributed by atoms with Crippen LogP contribution < -0.4 is 15.4 Å². The number of ether oxygens (including phenoxy) is 1. The van der Waals surface area contributed by atoms with Gasteiger partial charge in [0.15, 0.2) is 0 Å². The lowest BCUT2D eigenvalue weighted by Gasteiger charge is -2.25. The van der Waals surface area contributed by atoms with E-state index >= 15 is 0 Å². The Hall–Kier alpha value is -3.75. The summed E-state index contributed by atoms with van der Waals surface area (Å²) in [5, 5.41) is 9.41. The van der Waals surface area contributed by atoms with Gasteiger partial charge in [-0.25, -0.2) is 14.1 Å². The van der Waals surface area contributed by atoms with Crippen LogP contribution in [0.5, 0.6) is 5.75 Å². The number of rotatable bonds is 6. The molecule has 1 aliphatic rings. The van der Waals surface area contributed by atoms with Gasteiger partial charge in [-0.3, -0.25) is 9.59 Å². The van der Waals surface area contributed by atoms with Crippen molar-refractivity contribution >= 4 is 23.2 Å². The molecule has 0 fully saturated rings. The average Bonchev–Trinajstić information content (AvgIpc) is 3.21. The van der Waals surface area contributed by atoms with Crippen LogP contribution in [0.3, 0.4) is 0 Å². The zero-order chi connectivity index (χ0) is 20.2. The van der Waals surface area contributed by atoms with Crippen LogP contribution in [0.15, 0.2) is 55.1 Å². The molecular formula is C20H18FN5O3. The fourth-order valence-corrected chi connectivity index (χ4v) is 3.17. The molecule has 0 saturated carbocycles. The number of anilines is 2. The highest BCUT2D eigenvalue weighted by Crippen LogP contribution is 2.33. The van der Waals surface area contributed by atoms with Crippen LogP contribution in [0.1, 0.15) is 17.9 Å². The van der Waals surface area contributed by atoms with Gasteiger partial charge in [-0.1, -0.05) is 12.1 Å².